The van der Waals surface area contributed by atoms with Gasteiger partial charge in [0.2, 0.25) is 0 Å². The molecule has 1 aromatic carbocycles. The molecular formula is C14H22NO+. The van der Waals surface area contributed by atoms with Gasteiger partial charge in [-0.25, -0.2) is 0 Å². The van der Waals surface area contributed by atoms with E-state index in [1.165, 1.54) is 4.90 Å². The van der Waals surface area contributed by atoms with Crippen LogP contribution >= 0.6 is 0 Å². The number of likely N-dealkylation sites (tertiary alicyclic amines) is 1. The van der Waals surface area contributed by atoms with Crippen LogP contribution in [-0.4, -0.2) is 24.7 Å². The number of rotatable bonds is 1. The minimum absolute atomic E-state index is 0.311. The number of hydrogen-bond acceptors (Lipinski definition) is 1. The first-order valence-corrected chi connectivity index (χ1v) is 6.14. The molecule has 0 aliphatic carbocycles. The maximum Gasteiger partial charge on any atom is 0.103 e. The summed E-state index contributed by atoms with van der Waals surface area (Å²) in [6, 6.07) is 10.6. The lowest BCUT2D eigenvalue weighted by Gasteiger charge is -2.43. The summed E-state index contributed by atoms with van der Waals surface area (Å²) in [5.74, 6) is 0.311. The Morgan fingerprint density at radius 2 is 1.88 bits per heavy atom. The van der Waals surface area contributed by atoms with Crippen molar-refractivity contribution >= 4 is 0 Å². The zero-order valence-electron chi connectivity index (χ0n) is 10.4. The normalized spacial score (nSPS) is 39.6. The van der Waals surface area contributed by atoms with E-state index in [1.807, 2.05) is 30.3 Å². The number of hydrogen-bond donors (Lipinski definition) is 2. The minimum Gasteiger partial charge on any atom is -0.384 e. The van der Waals surface area contributed by atoms with Gasteiger partial charge in [0.05, 0.1) is 19.6 Å². The van der Waals surface area contributed by atoms with Gasteiger partial charge < -0.3 is 10.0 Å². The van der Waals surface area contributed by atoms with Crippen molar-refractivity contribution in [1.29, 1.82) is 0 Å². The van der Waals surface area contributed by atoms with Crippen LogP contribution in [0.2, 0.25) is 0 Å². The summed E-state index contributed by atoms with van der Waals surface area (Å²) in [5, 5.41) is 10.9. The number of aliphatic hydroxyl groups is 1. The zero-order chi connectivity index (χ0) is 11.8. The Morgan fingerprint density at radius 3 is 2.50 bits per heavy atom. The third-order valence-corrected chi connectivity index (χ3v) is 4.18. The molecule has 2 N–H and O–H groups in total. The number of quaternary nitrogens is 1. The second kappa shape index (κ2) is 4.19. The lowest BCUT2D eigenvalue weighted by atomic mass is 9.74. The van der Waals surface area contributed by atoms with E-state index >= 15 is 0 Å². The predicted octanol–water partition coefficient (Wildman–Crippen LogP) is 0.817. The predicted molar refractivity (Wildman–Crippen MR) is 65.3 cm³/mol. The molecule has 1 aromatic rings. The molecule has 1 saturated heterocycles. The van der Waals surface area contributed by atoms with Crippen molar-refractivity contribution in [2.24, 2.45) is 5.92 Å². The molecule has 1 aliphatic heterocycles. The Hall–Kier alpha value is -0.860. The van der Waals surface area contributed by atoms with E-state index in [4.69, 9.17) is 0 Å². The molecule has 16 heavy (non-hydrogen) atoms. The summed E-state index contributed by atoms with van der Waals surface area (Å²) in [4.78, 5) is 1.52. The monoisotopic (exact) mass is 220 g/mol. The number of nitrogens with one attached hydrogen (secondary N) is 1. The van der Waals surface area contributed by atoms with E-state index in [1.54, 1.807) is 0 Å². The van der Waals surface area contributed by atoms with Gasteiger partial charge in [0, 0.05) is 12.3 Å². The Balaban J connectivity index is 2.31. The van der Waals surface area contributed by atoms with Crippen molar-refractivity contribution < 1.29 is 10.0 Å². The third-order valence-electron chi connectivity index (χ3n) is 4.18. The minimum atomic E-state index is -0.639. The van der Waals surface area contributed by atoms with Gasteiger partial charge in [-0.2, -0.15) is 0 Å². The first kappa shape index (κ1) is 11.6. The van der Waals surface area contributed by atoms with Gasteiger partial charge in [0.25, 0.3) is 0 Å². The summed E-state index contributed by atoms with van der Waals surface area (Å²) < 4.78 is 0. The summed E-state index contributed by atoms with van der Waals surface area (Å²) in [6.07, 6.45) is 0.851. The highest BCUT2D eigenvalue weighted by molar-refractivity contribution is 5.23. The van der Waals surface area contributed by atoms with Crippen LogP contribution in [0, 0.1) is 5.92 Å². The van der Waals surface area contributed by atoms with Crippen molar-refractivity contribution in [3.63, 3.8) is 0 Å². The van der Waals surface area contributed by atoms with Gasteiger partial charge in [-0.05, 0) is 12.5 Å². The molecule has 0 radical (unpaired) electrons. The molecule has 2 heteroatoms. The van der Waals surface area contributed by atoms with Crippen LogP contribution in [0.5, 0.6) is 0 Å². The van der Waals surface area contributed by atoms with Crippen molar-refractivity contribution in [3.8, 4) is 0 Å². The van der Waals surface area contributed by atoms with Crippen LogP contribution < -0.4 is 4.90 Å². The molecule has 2 rings (SSSR count). The Kier molecular flexibility index (Phi) is 3.04. The Bertz CT molecular complexity index is 351. The van der Waals surface area contributed by atoms with Crippen LogP contribution in [0.1, 0.15) is 25.8 Å². The average molecular weight is 220 g/mol. The van der Waals surface area contributed by atoms with Crippen LogP contribution in [0.4, 0.5) is 0 Å². The lowest BCUT2D eigenvalue weighted by Crippen LogP contribution is -3.15. The largest absolute Gasteiger partial charge is 0.384 e. The molecule has 0 spiro atoms. The fraction of sp³-hybridized carbons (Fsp3) is 0.571. The van der Waals surface area contributed by atoms with Gasteiger partial charge in [-0.3, -0.25) is 0 Å². The van der Waals surface area contributed by atoms with E-state index < -0.39 is 5.60 Å². The molecule has 1 unspecified atom stereocenters. The first-order valence-electron chi connectivity index (χ1n) is 6.14. The fourth-order valence-electron chi connectivity index (χ4n) is 2.82. The van der Waals surface area contributed by atoms with Crippen LogP contribution in [-0.2, 0) is 5.60 Å². The summed E-state index contributed by atoms with van der Waals surface area (Å²) in [5.41, 5.74) is 0.432. The average Bonchev–Trinajstić information content (AvgIpc) is 2.28. The number of benzene rings is 1. The second-order valence-electron chi connectivity index (χ2n) is 5.35. The standard InChI is InChI=1S/C14H21NO/c1-11-10-15(3)12(2)9-14(11,16)13-7-5-4-6-8-13/h4-8,11-12,16H,9-10H2,1-3H3/p+1/t11-,12+,14-/m1/s1. The molecule has 2 nitrogen and oxygen atoms in total. The van der Waals surface area contributed by atoms with Crippen molar-refractivity contribution in [2.75, 3.05) is 13.6 Å². The van der Waals surface area contributed by atoms with Gasteiger partial charge in [0.1, 0.15) is 5.60 Å². The fourth-order valence-corrected chi connectivity index (χ4v) is 2.82. The molecule has 1 heterocycles. The molecule has 88 valence electrons. The summed E-state index contributed by atoms with van der Waals surface area (Å²) in [6.45, 7) is 5.41. The maximum atomic E-state index is 10.9. The summed E-state index contributed by atoms with van der Waals surface area (Å²) >= 11 is 0. The van der Waals surface area contributed by atoms with Crippen LogP contribution in [0.15, 0.2) is 30.3 Å². The molecular weight excluding hydrogens is 198 g/mol. The number of piperidine rings is 1. The first-order chi connectivity index (χ1) is 7.54. The third kappa shape index (κ3) is 1.87. The van der Waals surface area contributed by atoms with E-state index in [9.17, 15) is 5.11 Å². The SMILES string of the molecule is C[C@@H]1C[NH+](C)[C@@H](C)C[C@]1(O)c1ccccc1. The molecule has 0 bridgehead atoms. The molecule has 0 saturated carbocycles. The van der Waals surface area contributed by atoms with Crippen molar-refractivity contribution in [2.45, 2.75) is 31.9 Å². The van der Waals surface area contributed by atoms with Gasteiger partial charge in [-0.15, -0.1) is 0 Å². The van der Waals surface area contributed by atoms with Gasteiger partial charge in [-0.1, -0.05) is 37.3 Å². The maximum absolute atomic E-state index is 10.9. The topological polar surface area (TPSA) is 24.7 Å². The molecule has 4 atom stereocenters. The molecule has 1 aliphatic rings. The zero-order valence-corrected chi connectivity index (χ0v) is 10.4. The summed E-state index contributed by atoms with van der Waals surface area (Å²) in [7, 11) is 2.21. The Morgan fingerprint density at radius 1 is 1.25 bits per heavy atom. The quantitative estimate of drug-likeness (QED) is 0.719. The van der Waals surface area contributed by atoms with Crippen molar-refractivity contribution in [3.05, 3.63) is 35.9 Å². The van der Waals surface area contributed by atoms with E-state index in [2.05, 4.69) is 20.9 Å². The Labute approximate surface area is 97.9 Å². The lowest BCUT2D eigenvalue weighted by molar-refractivity contribution is -0.916. The van der Waals surface area contributed by atoms with Crippen LogP contribution in [0.3, 0.4) is 0 Å². The smallest absolute Gasteiger partial charge is 0.103 e. The highest BCUT2D eigenvalue weighted by Crippen LogP contribution is 2.35. The highest BCUT2D eigenvalue weighted by Gasteiger charge is 2.44. The highest BCUT2D eigenvalue weighted by atomic mass is 16.3. The van der Waals surface area contributed by atoms with Gasteiger partial charge in [0.15, 0.2) is 0 Å². The second-order valence-corrected chi connectivity index (χ2v) is 5.35. The van der Waals surface area contributed by atoms with Crippen molar-refractivity contribution in [1.82, 2.24) is 0 Å². The van der Waals surface area contributed by atoms with E-state index in [0.29, 0.717) is 12.0 Å². The van der Waals surface area contributed by atoms with E-state index in [0.717, 1.165) is 18.5 Å². The molecule has 0 amide bonds. The molecule has 1 fully saturated rings. The molecule has 0 aromatic heterocycles. The van der Waals surface area contributed by atoms with Gasteiger partial charge >= 0.3 is 0 Å². The van der Waals surface area contributed by atoms with E-state index in [-0.39, 0.29) is 0 Å². The van der Waals surface area contributed by atoms with Crippen LogP contribution in [0.25, 0.3) is 0 Å².